The van der Waals surface area contributed by atoms with Crippen molar-refractivity contribution in [2.24, 2.45) is 5.73 Å². The SMILES string of the molecule is CCNc1cn2nc(-c3ccc(F)cc3)c(C(N)=O)c2cc1C1CCCC1. The predicted molar refractivity (Wildman–Crippen MR) is 104 cm³/mol. The van der Waals surface area contributed by atoms with Crippen LogP contribution in [0.3, 0.4) is 0 Å². The molecule has 2 heterocycles. The molecule has 5 nitrogen and oxygen atoms in total. The van der Waals surface area contributed by atoms with Crippen LogP contribution >= 0.6 is 0 Å². The molecule has 27 heavy (non-hydrogen) atoms. The molecule has 0 aliphatic heterocycles. The van der Waals surface area contributed by atoms with E-state index in [4.69, 9.17) is 5.73 Å². The summed E-state index contributed by atoms with van der Waals surface area (Å²) in [5, 5.41) is 8.02. The number of carbonyl (C=O) groups is 1. The third-order valence-corrected chi connectivity index (χ3v) is 5.33. The number of amides is 1. The van der Waals surface area contributed by atoms with E-state index in [2.05, 4.69) is 17.3 Å². The maximum atomic E-state index is 13.3. The van der Waals surface area contributed by atoms with Crippen molar-refractivity contribution in [3.05, 3.63) is 53.5 Å². The van der Waals surface area contributed by atoms with E-state index in [0.717, 1.165) is 25.1 Å². The van der Waals surface area contributed by atoms with Crippen molar-refractivity contribution in [3.63, 3.8) is 0 Å². The summed E-state index contributed by atoms with van der Waals surface area (Å²) in [4.78, 5) is 12.3. The van der Waals surface area contributed by atoms with Gasteiger partial charge in [0.05, 0.1) is 23.0 Å². The van der Waals surface area contributed by atoms with Crippen molar-refractivity contribution in [3.8, 4) is 11.3 Å². The lowest BCUT2D eigenvalue weighted by atomic mass is 9.95. The van der Waals surface area contributed by atoms with Crippen LogP contribution in [0.5, 0.6) is 0 Å². The van der Waals surface area contributed by atoms with Gasteiger partial charge in [0, 0.05) is 12.1 Å². The average Bonchev–Trinajstić information content (AvgIpc) is 3.29. The molecule has 0 atom stereocenters. The van der Waals surface area contributed by atoms with E-state index in [9.17, 15) is 9.18 Å². The molecule has 1 aliphatic carbocycles. The lowest BCUT2D eigenvalue weighted by Gasteiger charge is -2.17. The molecule has 1 saturated carbocycles. The number of nitrogens with one attached hydrogen (secondary N) is 1. The Kier molecular flexibility index (Phi) is 4.56. The van der Waals surface area contributed by atoms with Crippen LogP contribution in [0.25, 0.3) is 16.8 Å². The highest BCUT2D eigenvalue weighted by molar-refractivity contribution is 6.05. The summed E-state index contributed by atoms with van der Waals surface area (Å²) in [5.74, 6) is -0.382. The van der Waals surface area contributed by atoms with Gasteiger partial charge >= 0.3 is 0 Å². The third-order valence-electron chi connectivity index (χ3n) is 5.33. The van der Waals surface area contributed by atoms with Gasteiger partial charge in [-0.25, -0.2) is 8.91 Å². The lowest BCUT2D eigenvalue weighted by Crippen LogP contribution is -2.12. The Bertz CT molecular complexity index is 988. The Hall–Kier alpha value is -2.89. The highest BCUT2D eigenvalue weighted by Crippen LogP contribution is 2.39. The minimum Gasteiger partial charge on any atom is -0.384 e. The first-order valence-electron chi connectivity index (χ1n) is 9.44. The largest absolute Gasteiger partial charge is 0.384 e. The first-order valence-corrected chi connectivity index (χ1v) is 9.44. The van der Waals surface area contributed by atoms with Crippen molar-refractivity contribution in [1.29, 1.82) is 0 Å². The molecule has 0 spiro atoms. The lowest BCUT2D eigenvalue weighted by molar-refractivity contribution is 0.100. The molecule has 3 aromatic rings. The van der Waals surface area contributed by atoms with Crippen molar-refractivity contribution in [2.45, 2.75) is 38.5 Å². The molecule has 0 saturated heterocycles. The van der Waals surface area contributed by atoms with Gasteiger partial charge < -0.3 is 11.1 Å². The van der Waals surface area contributed by atoms with Gasteiger partial charge in [-0.2, -0.15) is 5.10 Å². The molecule has 0 bridgehead atoms. The van der Waals surface area contributed by atoms with Crippen molar-refractivity contribution in [1.82, 2.24) is 9.61 Å². The molecular formula is C21H23FN4O. The summed E-state index contributed by atoms with van der Waals surface area (Å²) in [6.45, 7) is 2.87. The Balaban J connectivity index is 1.94. The molecule has 140 valence electrons. The van der Waals surface area contributed by atoms with E-state index >= 15 is 0 Å². The number of rotatable bonds is 5. The van der Waals surface area contributed by atoms with Gasteiger partial charge in [-0.1, -0.05) is 12.8 Å². The molecule has 1 aliphatic rings. The van der Waals surface area contributed by atoms with Crippen molar-refractivity contribution < 1.29 is 9.18 Å². The maximum absolute atomic E-state index is 13.3. The monoisotopic (exact) mass is 366 g/mol. The van der Waals surface area contributed by atoms with Gasteiger partial charge in [-0.05, 0) is 61.6 Å². The fourth-order valence-corrected chi connectivity index (χ4v) is 4.07. The number of hydrogen-bond acceptors (Lipinski definition) is 3. The van der Waals surface area contributed by atoms with Crippen molar-refractivity contribution >= 4 is 17.1 Å². The molecule has 0 radical (unpaired) electrons. The Morgan fingerprint density at radius 3 is 2.63 bits per heavy atom. The van der Waals surface area contributed by atoms with Gasteiger partial charge in [0.2, 0.25) is 0 Å². The molecule has 2 aromatic heterocycles. The zero-order valence-electron chi connectivity index (χ0n) is 15.3. The number of pyridine rings is 1. The Morgan fingerprint density at radius 2 is 2.00 bits per heavy atom. The number of fused-ring (bicyclic) bond motifs is 1. The number of hydrogen-bond donors (Lipinski definition) is 2. The van der Waals surface area contributed by atoms with Crippen LogP contribution in [0.2, 0.25) is 0 Å². The highest BCUT2D eigenvalue weighted by Gasteiger charge is 2.24. The van der Waals surface area contributed by atoms with E-state index < -0.39 is 5.91 Å². The Morgan fingerprint density at radius 1 is 1.30 bits per heavy atom. The second kappa shape index (κ2) is 7.02. The van der Waals surface area contributed by atoms with Gasteiger partial charge in [0.1, 0.15) is 11.5 Å². The van der Waals surface area contributed by atoms with E-state index in [1.165, 1.54) is 30.5 Å². The maximum Gasteiger partial charge on any atom is 0.253 e. The van der Waals surface area contributed by atoms with Crippen LogP contribution in [0.15, 0.2) is 36.5 Å². The molecule has 1 aromatic carbocycles. The molecule has 4 rings (SSSR count). The first-order chi connectivity index (χ1) is 13.1. The first kappa shape index (κ1) is 17.5. The quantitative estimate of drug-likeness (QED) is 0.706. The number of nitrogens with zero attached hydrogens (tertiary/aromatic N) is 2. The highest BCUT2D eigenvalue weighted by atomic mass is 19.1. The minimum absolute atomic E-state index is 0.332. The van der Waals surface area contributed by atoms with Crippen LogP contribution in [0, 0.1) is 5.82 Å². The number of primary amides is 1. The third kappa shape index (κ3) is 3.16. The zero-order valence-corrected chi connectivity index (χ0v) is 15.3. The summed E-state index contributed by atoms with van der Waals surface area (Å²) >= 11 is 0. The smallest absolute Gasteiger partial charge is 0.253 e. The summed E-state index contributed by atoms with van der Waals surface area (Å²) in [7, 11) is 0. The van der Waals surface area contributed by atoms with Gasteiger partial charge in [-0.3, -0.25) is 4.79 Å². The fraction of sp³-hybridized carbons (Fsp3) is 0.333. The van der Waals surface area contributed by atoms with Gasteiger partial charge in [-0.15, -0.1) is 0 Å². The Labute approximate surface area is 157 Å². The van der Waals surface area contributed by atoms with E-state index in [-0.39, 0.29) is 5.82 Å². The van der Waals surface area contributed by atoms with E-state index in [0.29, 0.717) is 28.3 Å². The number of halogens is 1. The molecular weight excluding hydrogens is 343 g/mol. The van der Waals surface area contributed by atoms with Crippen molar-refractivity contribution in [2.75, 3.05) is 11.9 Å². The predicted octanol–water partition coefficient (Wildman–Crippen LogP) is 4.33. The van der Waals surface area contributed by atoms with Crippen LogP contribution < -0.4 is 11.1 Å². The standard InChI is InChI=1S/C21H23FN4O/c1-2-24-17-12-26-18(11-16(17)13-5-3-4-6-13)19(21(23)27)20(25-26)14-7-9-15(22)10-8-14/h7-13,24H,2-6H2,1H3,(H2,23,27). The van der Waals surface area contributed by atoms with Crippen LogP contribution in [-0.4, -0.2) is 22.1 Å². The number of aromatic nitrogens is 2. The van der Waals surface area contributed by atoms with Crippen LogP contribution in [0.4, 0.5) is 10.1 Å². The topological polar surface area (TPSA) is 72.4 Å². The summed E-state index contributed by atoms with van der Waals surface area (Å²) < 4.78 is 15.0. The van der Waals surface area contributed by atoms with Crippen LogP contribution in [-0.2, 0) is 0 Å². The number of carbonyl (C=O) groups excluding carboxylic acids is 1. The second-order valence-corrected chi connectivity index (χ2v) is 7.08. The molecule has 3 N–H and O–H groups in total. The second-order valence-electron chi connectivity index (χ2n) is 7.08. The average molecular weight is 366 g/mol. The molecule has 0 unspecified atom stereocenters. The zero-order chi connectivity index (χ0) is 19.0. The van der Waals surface area contributed by atoms with E-state index in [1.807, 2.05) is 12.3 Å². The fourth-order valence-electron chi connectivity index (χ4n) is 4.07. The number of nitrogens with two attached hydrogens (primary N) is 1. The summed E-state index contributed by atoms with van der Waals surface area (Å²) in [5.41, 5.74) is 10.2. The van der Waals surface area contributed by atoms with Crippen LogP contribution in [0.1, 0.15) is 54.4 Å². The molecule has 1 amide bonds. The minimum atomic E-state index is -0.530. The molecule has 1 fully saturated rings. The number of benzene rings is 1. The summed E-state index contributed by atoms with van der Waals surface area (Å²) in [6.07, 6.45) is 6.69. The van der Waals surface area contributed by atoms with E-state index in [1.54, 1.807) is 16.6 Å². The normalized spacial score (nSPS) is 14.7. The number of anilines is 1. The summed E-state index contributed by atoms with van der Waals surface area (Å²) in [6, 6.07) is 8.00. The molecule has 6 heteroatoms. The van der Waals surface area contributed by atoms with Gasteiger partial charge in [0.25, 0.3) is 5.91 Å². The van der Waals surface area contributed by atoms with Gasteiger partial charge in [0.15, 0.2) is 0 Å².